The molecule has 2 rings (SSSR count). The zero-order valence-corrected chi connectivity index (χ0v) is 7.00. The highest BCUT2D eigenvalue weighted by molar-refractivity contribution is 5.92. The molecule has 0 bridgehead atoms. The fourth-order valence-electron chi connectivity index (χ4n) is 1.21. The monoisotopic (exact) mass is 181 g/mol. The summed E-state index contributed by atoms with van der Waals surface area (Å²) in [6.07, 6.45) is 3.88. The second kappa shape index (κ2) is 3.55. The predicted octanol–water partition coefficient (Wildman–Crippen LogP) is -1.04. The Hall–Kier alpha value is -1.40. The van der Waals surface area contributed by atoms with Gasteiger partial charge in [-0.1, -0.05) is 0 Å². The number of aromatic amines is 1. The molecular weight excluding hydrogens is 170 g/mol. The van der Waals surface area contributed by atoms with E-state index in [1.165, 1.54) is 12.5 Å². The van der Waals surface area contributed by atoms with Crippen LogP contribution in [0.5, 0.6) is 0 Å². The summed E-state index contributed by atoms with van der Waals surface area (Å²) >= 11 is 0. The van der Waals surface area contributed by atoms with Crippen molar-refractivity contribution in [2.75, 3.05) is 6.54 Å². The highest BCUT2D eigenvalue weighted by Crippen LogP contribution is 1.95. The number of hydrogen-bond acceptors (Lipinski definition) is 4. The van der Waals surface area contributed by atoms with E-state index < -0.39 is 0 Å². The molecule has 0 saturated carbocycles. The van der Waals surface area contributed by atoms with Gasteiger partial charge in [0, 0.05) is 6.54 Å². The molecule has 0 spiro atoms. The number of hydrogen-bond donors (Lipinski definition) is 4. The molecule has 0 aromatic carbocycles. The third-order valence-electron chi connectivity index (χ3n) is 1.88. The smallest absolute Gasteiger partial charge is 0.270 e. The first-order valence-electron chi connectivity index (χ1n) is 4.14. The van der Waals surface area contributed by atoms with E-state index in [1.807, 2.05) is 0 Å². The summed E-state index contributed by atoms with van der Waals surface area (Å²) in [4.78, 5) is 17.9. The first-order valence-corrected chi connectivity index (χ1v) is 4.14. The van der Waals surface area contributed by atoms with Gasteiger partial charge in [-0.3, -0.25) is 10.2 Å². The summed E-state index contributed by atoms with van der Waals surface area (Å²) in [5, 5.41) is 2.80. The summed E-state index contributed by atoms with van der Waals surface area (Å²) in [7, 11) is 0. The first-order chi connectivity index (χ1) is 6.36. The van der Waals surface area contributed by atoms with Gasteiger partial charge in [0.2, 0.25) is 0 Å². The van der Waals surface area contributed by atoms with Crippen LogP contribution >= 0.6 is 0 Å². The molecule has 0 aliphatic carbocycles. The predicted molar refractivity (Wildman–Crippen MR) is 45.6 cm³/mol. The van der Waals surface area contributed by atoms with Crippen molar-refractivity contribution in [3.63, 3.8) is 0 Å². The normalized spacial score (nSPS) is 21.7. The molecule has 1 aromatic rings. The number of carbonyl (C=O) groups excluding carboxylic acids is 1. The second-order valence-electron chi connectivity index (χ2n) is 2.85. The molecule has 1 fully saturated rings. The summed E-state index contributed by atoms with van der Waals surface area (Å²) < 4.78 is 0. The Morgan fingerprint density at radius 1 is 1.69 bits per heavy atom. The molecule has 4 N–H and O–H groups in total. The minimum absolute atomic E-state index is 0.01000. The molecule has 1 aliphatic rings. The highest BCUT2D eigenvalue weighted by atomic mass is 16.2. The van der Waals surface area contributed by atoms with E-state index in [0.29, 0.717) is 5.69 Å². The van der Waals surface area contributed by atoms with Gasteiger partial charge in [-0.05, 0) is 6.42 Å². The van der Waals surface area contributed by atoms with Gasteiger partial charge in [0.15, 0.2) is 0 Å². The maximum atomic E-state index is 11.4. The van der Waals surface area contributed by atoms with Crippen LogP contribution in [-0.4, -0.2) is 28.6 Å². The number of nitrogens with one attached hydrogen (secondary N) is 4. The molecule has 13 heavy (non-hydrogen) atoms. The molecule has 2 heterocycles. The third-order valence-corrected chi connectivity index (χ3v) is 1.88. The molecule has 6 heteroatoms. The van der Waals surface area contributed by atoms with E-state index in [-0.39, 0.29) is 12.1 Å². The average Bonchev–Trinajstić information content (AvgIpc) is 2.74. The van der Waals surface area contributed by atoms with Crippen LogP contribution in [-0.2, 0) is 0 Å². The lowest BCUT2D eigenvalue weighted by molar-refractivity contribution is 0.0928. The lowest BCUT2D eigenvalue weighted by Gasteiger charge is -2.10. The number of H-pyrrole nitrogens is 1. The van der Waals surface area contributed by atoms with Gasteiger partial charge in [0.05, 0.1) is 18.7 Å². The van der Waals surface area contributed by atoms with Gasteiger partial charge >= 0.3 is 0 Å². The summed E-state index contributed by atoms with van der Waals surface area (Å²) in [5.41, 5.74) is 6.35. The Kier molecular flexibility index (Phi) is 2.24. The lowest BCUT2D eigenvalue weighted by atomic mass is 10.3. The molecule has 1 aromatic heterocycles. The zero-order chi connectivity index (χ0) is 9.10. The molecule has 70 valence electrons. The maximum absolute atomic E-state index is 11.4. The van der Waals surface area contributed by atoms with Gasteiger partial charge in [-0.25, -0.2) is 10.4 Å². The Balaban J connectivity index is 1.91. The van der Waals surface area contributed by atoms with Crippen LogP contribution in [0.15, 0.2) is 12.5 Å². The van der Waals surface area contributed by atoms with E-state index >= 15 is 0 Å². The van der Waals surface area contributed by atoms with E-state index in [4.69, 9.17) is 0 Å². The van der Waals surface area contributed by atoms with Crippen molar-refractivity contribution in [1.29, 1.82) is 0 Å². The van der Waals surface area contributed by atoms with Crippen LogP contribution in [0.4, 0.5) is 0 Å². The van der Waals surface area contributed by atoms with E-state index in [1.54, 1.807) is 0 Å². The molecular formula is C7H11N5O. The zero-order valence-electron chi connectivity index (χ0n) is 7.00. The number of nitrogens with zero attached hydrogens (tertiary/aromatic N) is 1. The minimum Gasteiger partial charge on any atom is -0.341 e. The number of rotatable bonds is 2. The largest absolute Gasteiger partial charge is 0.341 e. The molecule has 1 aliphatic heterocycles. The maximum Gasteiger partial charge on any atom is 0.270 e. The van der Waals surface area contributed by atoms with Gasteiger partial charge in [0.1, 0.15) is 5.69 Å². The van der Waals surface area contributed by atoms with Gasteiger partial charge in [0.25, 0.3) is 5.91 Å². The highest BCUT2D eigenvalue weighted by Gasteiger charge is 2.17. The molecule has 0 radical (unpaired) electrons. The summed E-state index contributed by atoms with van der Waals surface area (Å²) in [6.45, 7) is 0.869. The van der Waals surface area contributed by atoms with E-state index in [9.17, 15) is 4.79 Å². The van der Waals surface area contributed by atoms with Crippen molar-refractivity contribution in [3.8, 4) is 0 Å². The number of carbonyl (C=O) groups is 1. The van der Waals surface area contributed by atoms with E-state index in [2.05, 4.69) is 26.1 Å². The number of amides is 1. The van der Waals surface area contributed by atoms with Crippen LogP contribution in [0.3, 0.4) is 0 Å². The van der Waals surface area contributed by atoms with Crippen LogP contribution in [0.1, 0.15) is 16.9 Å². The fourth-order valence-corrected chi connectivity index (χ4v) is 1.21. The Morgan fingerprint density at radius 3 is 3.23 bits per heavy atom. The Labute approximate surface area is 75.1 Å². The van der Waals surface area contributed by atoms with E-state index in [0.717, 1.165) is 13.0 Å². The second-order valence-corrected chi connectivity index (χ2v) is 2.85. The average molecular weight is 181 g/mol. The number of aromatic nitrogens is 2. The molecule has 1 unspecified atom stereocenters. The van der Waals surface area contributed by atoms with Gasteiger partial charge in [-0.15, -0.1) is 0 Å². The van der Waals surface area contributed by atoms with Crippen molar-refractivity contribution >= 4 is 5.91 Å². The van der Waals surface area contributed by atoms with Crippen LogP contribution in [0, 0.1) is 0 Å². The lowest BCUT2D eigenvalue weighted by Crippen LogP contribution is -2.44. The summed E-state index contributed by atoms with van der Waals surface area (Å²) in [5.74, 6) is -0.140. The van der Waals surface area contributed by atoms with Crippen molar-refractivity contribution in [2.24, 2.45) is 0 Å². The van der Waals surface area contributed by atoms with Crippen molar-refractivity contribution in [1.82, 2.24) is 26.1 Å². The van der Waals surface area contributed by atoms with Gasteiger partial charge < -0.3 is 10.3 Å². The van der Waals surface area contributed by atoms with Crippen LogP contribution < -0.4 is 16.2 Å². The first kappa shape index (κ1) is 8.21. The molecule has 1 amide bonds. The standard InChI is InChI=1S/C7H11N5O/c13-7(5-3-8-4-9-5)11-6-1-2-10-12-6/h3-4,6,10,12H,1-2H2,(H,8,9)(H,11,13). The van der Waals surface area contributed by atoms with Gasteiger partial charge in [-0.2, -0.15) is 0 Å². The van der Waals surface area contributed by atoms with Crippen molar-refractivity contribution in [2.45, 2.75) is 12.6 Å². The molecule has 6 nitrogen and oxygen atoms in total. The fraction of sp³-hybridized carbons (Fsp3) is 0.429. The Bertz CT molecular complexity index is 277. The minimum atomic E-state index is -0.140. The van der Waals surface area contributed by atoms with Crippen LogP contribution in [0.25, 0.3) is 0 Å². The molecule has 1 saturated heterocycles. The topological polar surface area (TPSA) is 81.8 Å². The quantitative estimate of drug-likeness (QED) is 0.470. The number of hydrazine groups is 1. The SMILES string of the molecule is O=C(NC1CCNN1)c1cnc[nH]1. The molecule has 1 atom stereocenters. The van der Waals surface area contributed by atoms with Crippen LogP contribution in [0.2, 0.25) is 0 Å². The third kappa shape index (κ3) is 1.85. The number of imidazole rings is 1. The van der Waals surface area contributed by atoms with Crippen molar-refractivity contribution in [3.05, 3.63) is 18.2 Å². The Morgan fingerprint density at radius 2 is 2.62 bits per heavy atom. The van der Waals surface area contributed by atoms with Crippen molar-refractivity contribution < 1.29 is 4.79 Å². The summed E-state index contributed by atoms with van der Waals surface area (Å²) in [6, 6.07) is 0.